The molecule has 0 spiro atoms. The summed E-state index contributed by atoms with van der Waals surface area (Å²) in [5, 5.41) is 6.20. The molecule has 0 aromatic carbocycles. The Morgan fingerprint density at radius 1 is 1.40 bits per heavy atom. The van der Waals surface area contributed by atoms with Crippen molar-refractivity contribution in [3.63, 3.8) is 0 Å². The number of aliphatic imine (C=N–C) groups is 1. The number of nitrogens with zero attached hydrogens (tertiary/aromatic N) is 1. The average Bonchev–Trinajstić information content (AvgIpc) is 2.47. The van der Waals surface area contributed by atoms with E-state index in [0.29, 0.717) is 12.5 Å². The minimum atomic E-state index is 0. The Kier molecular flexibility index (Phi) is 13.1. The minimum absolute atomic E-state index is 0. The fourth-order valence-corrected chi connectivity index (χ4v) is 1.90. The lowest BCUT2D eigenvalue weighted by atomic mass is 10.0. The number of hydrogen-bond donors (Lipinski definition) is 2. The summed E-state index contributed by atoms with van der Waals surface area (Å²) in [6, 6.07) is 0. The van der Waals surface area contributed by atoms with Crippen molar-refractivity contribution in [2.45, 2.75) is 19.3 Å². The summed E-state index contributed by atoms with van der Waals surface area (Å²) in [5.74, 6) is 3.92. The van der Waals surface area contributed by atoms with Crippen molar-refractivity contribution in [2.24, 2.45) is 10.9 Å². The van der Waals surface area contributed by atoms with Crippen LogP contribution in [0.4, 0.5) is 0 Å². The summed E-state index contributed by atoms with van der Waals surface area (Å²) in [6.45, 7) is 4.71. The zero-order valence-corrected chi connectivity index (χ0v) is 14.5. The molecule has 116 valence electrons. The Morgan fingerprint density at radius 2 is 2.15 bits per heavy atom. The molecule has 1 heterocycles. The van der Waals surface area contributed by atoms with Crippen LogP contribution in [0, 0.1) is 18.3 Å². The topological polar surface area (TPSA) is 54.9 Å². The number of terminal acetylenes is 1. The van der Waals surface area contributed by atoms with Gasteiger partial charge in [-0.3, -0.25) is 4.99 Å². The van der Waals surface area contributed by atoms with Crippen LogP contribution in [0.15, 0.2) is 4.99 Å². The van der Waals surface area contributed by atoms with Crippen molar-refractivity contribution in [1.29, 1.82) is 0 Å². The number of ether oxygens (including phenoxy) is 2. The van der Waals surface area contributed by atoms with E-state index in [2.05, 4.69) is 21.5 Å². The quantitative estimate of drug-likeness (QED) is 0.224. The number of hydrogen-bond acceptors (Lipinski definition) is 3. The lowest BCUT2D eigenvalue weighted by Crippen LogP contribution is -2.38. The first-order chi connectivity index (χ1) is 9.36. The third-order valence-electron chi connectivity index (χ3n) is 3.03. The van der Waals surface area contributed by atoms with E-state index in [1.54, 1.807) is 7.05 Å². The summed E-state index contributed by atoms with van der Waals surface area (Å²) in [6.07, 6.45) is 8.38. The third-order valence-corrected chi connectivity index (χ3v) is 3.03. The lowest BCUT2D eigenvalue weighted by molar-refractivity contribution is 0.0203. The summed E-state index contributed by atoms with van der Waals surface area (Å²) >= 11 is 0. The van der Waals surface area contributed by atoms with Crippen LogP contribution in [0.2, 0.25) is 0 Å². The molecule has 0 aliphatic carbocycles. The summed E-state index contributed by atoms with van der Waals surface area (Å²) in [7, 11) is 1.73. The second kappa shape index (κ2) is 13.5. The average molecular weight is 395 g/mol. The first-order valence-electron chi connectivity index (χ1n) is 6.90. The van der Waals surface area contributed by atoms with E-state index in [1.165, 1.54) is 0 Å². The molecule has 1 aliphatic heterocycles. The van der Waals surface area contributed by atoms with Crippen molar-refractivity contribution >= 4 is 29.9 Å². The molecule has 0 radical (unpaired) electrons. The van der Waals surface area contributed by atoms with Crippen LogP contribution in [0.5, 0.6) is 0 Å². The predicted octanol–water partition coefficient (Wildman–Crippen LogP) is 1.24. The van der Waals surface area contributed by atoms with Gasteiger partial charge in [-0.15, -0.1) is 30.4 Å². The summed E-state index contributed by atoms with van der Waals surface area (Å²) in [5.41, 5.74) is 0. The van der Waals surface area contributed by atoms with Crippen LogP contribution < -0.4 is 10.6 Å². The highest BCUT2D eigenvalue weighted by atomic mass is 127. The molecule has 0 amide bonds. The first kappa shape index (κ1) is 19.5. The lowest BCUT2D eigenvalue weighted by Gasteiger charge is -2.21. The minimum Gasteiger partial charge on any atom is -0.381 e. The van der Waals surface area contributed by atoms with E-state index in [0.717, 1.165) is 58.2 Å². The van der Waals surface area contributed by atoms with Crippen LogP contribution >= 0.6 is 24.0 Å². The molecule has 5 nitrogen and oxygen atoms in total. The molecule has 0 unspecified atom stereocenters. The largest absolute Gasteiger partial charge is 0.381 e. The van der Waals surface area contributed by atoms with Crippen LogP contribution in [0.25, 0.3) is 0 Å². The second-order valence-electron chi connectivity index (χ2n) is 4.54. The van der Waals surface area contributed by atoms with E-state index in [4.69, 9.17) is 15.9 Å². The molecule has 20 heavy (non-hydrogen) atoms. The Labute approximate surface area is 139 Å². The van der Waals surface area contributed by atoms with E-state index < -0.39 is 0 Å². The molecular weight excluding hydrogens is 369 g/mol. The molecule has 1 rings (SSSR count). The maximum atomic E-state index is 5.68. The number of rotatable bonds is 7. The van der Waals surface area contributed by atoms with Gasteiger partial charge in [0, 0.05) is 40.0 Å². The number of guanidine groups is 1. The van der Waals surface area contributed by atoms with Gasteiger partial charge in [-0.05, 0) is 25.2 Å². The Bertz CT molecular complexity index is 299. The van der Waals surface area contributed by atoms with Crippen LogP contribution in [-0.2, 0) is 9.47 Å². The molecule has 0 aromatic heterocycles. The number of nitrogens with one attached hydrogen (secondary N) is 2. The molecule has 0 saturated carbocycles. The van der Waals surface area contributed by atoms with Crippen molar-refractivity contribution in [1.82, 2.24) is 10.6 Å². The van der Waals surface area contributed by atoms with Gasteiger partial charge < -0.3 is 20.1 Å². The standard InChI is InChI=1S/C14H25N3O2.HI/c1-3-7-16-14(15-2)17-8-4-9-19-12-13-5-10-18-11-6-13;/h1,13H,4-12H2,2H3,(H2,15,16,17);1H. The van der Waals surface area contributed by atoms with E-state index >= 15 is 0 Å². The van der Waals surface area contributed by atoms with Crippen LogP contribution in [0.3, 0.4) is 0 Å². The molecule has 1 aliphatic rings. The Balaban J connectivity index is 0.00000361. The van der Waals surface area contributed by atoms with Gasteiger partial charge in [0.2, 0.25) is 0 Å². The molecular formula is C14H26IN3O2. The molecule has 0 bridgehead atoms. The highest BCUT2D eigenvalue weighted by Crippen LogP contribution is 2.14. The molecule has 1 saturated heterocycles. The zero-order valence-electron chi connectivity index (χ0n) is 12.2. The van der Waals surface area contributed by atoms with Gasteiger partial charge in [0.25, 0.3) is 0 Å². The van der Waals surface area contributed by atoms with Gasteiger partial charge in [-0.2, -0.15) is 0 Å². The Hall–Kier alpha value is -0.520. The van der Waals surface area contributed by atoms with E-state index in [1.807, 2.05) is 0 Å². The smallest absolute Gasteiger partial charge is 0.191 e. The SMILES string of the molecule is C#CCNC(=NC)NCCCOCC1CCOCC1.I. The van der Waals surface area contributed by atoms with Crippen molar-refractivity contribution in [3.8, 4) is 12.3 Å². The van der Waals surface area contributed by atoms with E-state index in [-0.39, 0.29) is 24.0 Å². The van der Waals surface area contributed by atoms with Gasteiger partial charge in [0.1, 0.15) is 0 Å². The normalized spacial score (nSPS) is 16.1. The maximum absolute atomic E-state index is 5.68. The number of halogens is 1. The van der Waals surface area contributed by atoms with Gasteiger partial charge in [-0.25, -0.2) is 0 Å². The van der Waals surface area contributed by atoms with Crippen LogP contribution in [-0.4, -0.2) is 52.5 Å². The maximum Gasteiger partial charge on any atom is 0.191 e. The fraction of sp³-hybridized carbons (Fsp3) is 0.786. The zero-order chi connectivity index (χ0) is 13.8. The third kappa shape index (κ3) is 9.39. The molecule has 0 aromatic rings. The van der Waals surface area contributed by atoms with Crippen molar-refractivity contribution in [2.75, 3.05) is 46.6 Å². The van der Waals surface area contributed by atoms with Gasteiger partial charge in [0.15, 0.2) is 5.96 Å². The highest BCUT2D eigenvalue weighted by molar-refractivity contribution is 14.0. The monoisotopic (exact) mass is 395 g/mol. The van der Waals surface area contributed by atoms with Crippen molar-refractivity contribution in [3.05, 3.63) is 0 Å². The molecule has 2 N–H and O–H groups in total. The van der Waals surface area contributed by atoms with Crippen LogP contribution in [0.1, 0.15) is 19.3 Å². The summed E-state index contributed by atoms with van der Waals surface area (Å²) in [4.78, 5) is 4.06. The molecule has 1 fully saturated rings. The van der Waals surface area contributed by atoms with Gasteiger partial charge in [0.05, 0.1) is 6.54 Å². The van der Waals surface area contributed by atoms with Gasteiger partial charge >= 0.3 is 0 Å². The van der Waals surface area contributed by atoms with Crippen molar-refractivity contribution < 1.29 is 9.47 Å². The molecule has 0 atom stereocenters. The fourth-order valence-electron chi connectivity index (χ4n) is 1.90. The summed E-state index contributed by atoms with van der Waals surface area (Å²) < 4.78 is 11.0. The van der Waals surface area contributed by atoms with Gasteiger partial charge in [-0.1, -0.05) is 5.92 Å². The molecule has 6 heteroatoms. The van der Waals surface area contributed by atoms with E-state index in [9.17, 15) is 0 Å². The Morgan fingerprint density at radius 3 is 2.80 bits per heavy atom. The highest BCUT2D eigenvalue weighted by Gasteiger charge is 2.13. The first-order valence-corrected chi connectivity index (χ1v) is 6.90. The second-order valence-corrected chi connectivity index (χ2v) is 4.54. The predicted molar refractivity (Wildman–Crippen MR) is 92.6 cm³/mol.